The molecule has 0 fully saturated rings. The Labute approximate surface area is 164 Å². The van der Waals surface area contributed by atoms with Gasteiger partial charge in [0.1, 0.15) is 5.41 Å². The molecule has 1 aromatic heterocycles. The zero-order valence-corrected chi connectivity index (χ0v) is 16.7. The molecule has 4 rings (SSSR count). The number of fused-ring (bicyclic) bond motifs is 2. The van der Waals surface area contributed by atoms with Crippen molar-refractivity contribution in [3.63, 3.8) is 0 Å². The fraction of sp³-hybridized carbons (Fsp3) is 0.348. The zero-order valence-electron chi connectivity index (χ0n) is 16.7. The molecule has 5 heteroatoms. The van der Waals surface area contributed by atoms with Gasteiger partial charge < -0.3 is 9.64 Å². The summed E-state index contributed by atoms with van der Waals surface area (Å²) in [5.41, 5.74) is 2.50. The Balaban J connectivity index is 2.09. The molecule has 1 aliphatic rings. The monoisotopic (exact) mass is 376 g/mol. The number of anilines is 1. The summed E-state index contributed by atoms with van der Waals surface area (Å²) in [6.07, 6.45) is 1.99. The molecule has 0 saturated carbocycles. The molecule has 0 spiro atoms. The molecule has 0 N–H and O–H groups in total. The molecule has 0 aliphatic carbocycles. The summed E-state index contributed by atoms with van der Waals surface area (Å²) in [6, 6.07) is 12.3. The highest BCUT2D eigenvalue weighted by Gasteiger charge is 2.46. The molecule has 144 valence electrons. The molecule has 2 aromatic carbocycles. The molecular formula is C23H24N2O3. The van der Waals surface area contributed by atoms with Crippen LogP contribution < -0.4 is 4.90 Å². The van der Waals surface area contributed by atoms with Crippen LogP contribution in [0.1, 0.15) is 37.9 Å². The maximum absolute atomic E-state index is 13.3. The highest BCUT2D eigenvalue weighted by atomic mass is 16.5. The van der Waals surface area contributed by atoms with Crippen molar-refractivity contribution >= 4 is 39.2 Å². The standard InChI is InChI=1S/C23H24N2O3/c1-5-7-14-10-11-15-16-8-6-9-18-20(16)21(24-17(15)12-14)23(2,13-19(26)28-4)22(27)25(18)3/h6,8-12H,5,7,13H2,1-4H3. The van der Waals surface area contributed by atoms with Gasteiger partial charge in [0.05, 0.1) is 30.4 Å². The number of hydrogen-bond donors (Lipinski definition) is 0. The number of benzene rings is 2. The number of carbonyl (C=O) groups is 2. The lowest BCUT2D eigenvalue weighted by atomic mass is 9.76. The van der Waals surface area contributed by atoms with Crippen molar-refractivity contribution in [3.05, 3.63) is 47.7 Å². The number of pyridine rings is 1. The SMILES string of the molecule is CCCc1ccc2c(c1)nc1c3c(cccc32)N(C)C(=O)C1(C)CC(=O)OC. The Kier molecular flexibility index (Phi) is 4.33. The largest absolute Gasteiger partial charge is 0.469 e. The van der Waals surface area contributed by atoms with Gasteiger partial charge in [0, 0.05) is 17.8 Å². The summed E-state index contributed by atoms with van der Waals surface area (Å²) >= 11 is 0. The quantitative estimate of drug-likeness (QED) is 0.507. The number of hydrogen-bond acceptors (Lipinski definition) is 4. The summed E-state index contributed by atoms with van der Waals surface area (Å²) in [4.78, 5) is 32.0. The number of rotatable bonds is 4. The first-order chi connectivity index (χ1) is 13.4. The van der Waals surface area contributed by atoms with Crippen molar-refractivity contribution in [1.29, 1.82) is 0 Å². The Bertz CT molecular complexity index is 1120. The topological polar surface area (TPSA) is 59.5 Å². The van der Waals surface area contributed by atoms with Crippen molar-refractivity contribution in [3.8, 4) is 0 Å². The fourth-order valence-electron chi connectivity index (χ4n) is 4.31. The summed E-state index contributed by atoms with van der Waals surface area (Å²) in [5, 5.41) is 3.05. The number of methoxy groups -OCH3 is 1. The molecule has 3 aromatic rings. The van der Waals surface area contributed by atoms with E-state index in [1.165, 1.54) is 12.7 Å². The van der Waals surface area contributed by atoms with Crippen molar-refractivity contribution in [1.82, 2.24) is 4.98 Å². The van der Waals surface area contributed by atoms with Gasteiger partial charge in [-0.15, -0.1) is 0 Å². The molecule has 1 unspecified atom stereocenters. The van der Waals surface area contributed by atoms with Gasteiger partial charge in [-0.2, -0.15) is 0 Å². The third kappa shape index (κ3) is 2.57. The first-order valence-corrected chi connectivity index (χ1v) is 9.61. The molecule has 0 radical (unpaired) electrons. The predicted molar refractivity (Wildman–Crippen MR) is 111 cm³/mol. The maximum atomic E-state index is 13.3. The van der Waals surface area contributed by atoms with Crippen LogP contribution in [-0.4, -0.2) is 31.0 Å². The number of esters is 1. The summed E-state index contributed by atoms with van der Waals surface area (Å²) in [5.74, 6) is -0.562. The molecular weight excluding hydrogens is 352 g/mol. The normalized spacial score (nSPS) is 18.7. The van der Waals surface area contributed by atoms with Crippen LogP contribution in [-0.2, 0) is 26.2 Å². The highest BCUT2D eigenvalue weighted by molar-refractivity contribution is 6.19. The minimum absolute atomic E-state index is 0.0384. The zero-order chi connectivity index (χ0) is 20.1. The molecule has 5 nitrogen and oxygen atoms in total. The second-order valence-electron chi connectivity index (χ2n) is 7.71. The third-order valence-corrected chi connectivity index (χ3v) is 5.79. The highest BCUT2D eigenvalue weighted by Crippen LogP contribution is 2.45. The van der Waals surface area contributed by atoms with E-state index in [-0.39, 0.29) is 12.3 Å². The van der Waals surface area contributed by atoms with Gasteiger partial charge in [-0.25, -0.2) is 0 Å². The predicted octanol–water partition coefficient (Wildman–Crippen LogP) is 4.14. The second kappa shape index (κ2) is 6.59. The Hall–Kier alpha value is -2.95. The number of carbonyl (C=O) groups excluding carboxylic acids is 2. The minimum atomic E-state index is -1.07. The van der Waals surface area contributed by atoms with Gasteiger partial charge in [-0.1, -0.05) is 37.6 Å². The number of aryl methyl sites for hydroxylation is 1. The molecule has 1 atom stereocenters. The summed E-state index contributed by atoms with van der Waals surface area (Å²) < 4.78 is 4.89. The summed E-state index contributed by atoms with van der Waals surface area (Å²) in [7, 11) is 3.10. The van der Waals surface area contributed by atoms with E-state index in [4.69, 9.17) is 9.72 Å². The number of likely N-dealkylation sites (N-methyl/N-ethyl adjacent to an activating group) is 1. The van der Waals surface area contributed by atoms with Crippen molar-refractivity contribution < 1.29 is 14.3 Å². The molecule has 2 heterocycles. The molecule has 0 bridgehead atoms. The van der Waals surface area contributed by atoms with Crippen LogP contribution in [0.5, 0.6) is 0 Å². The van der Waals surface area contributed by atoms with E-state index in [1.54, 1.807) is 18.9 Å². The number of aromatic nitrogens is 1. The van der Waals surface area contributed by atoms with Crippen LogP contribution in [0.25, 0.3) is 21.7 Å². The van der Waals surface area contributed by atoms with Gasteiger partial charge in [-0.05, 0) is 36.4 Å². The minimum Gasteiger partial charge on any atom is -0.469 e. The van der Waals surface area contributed by atoms with E-state index >= 15 is 0 Å². The average molecular weight is 376 g/mol. The van der Waals surface area contributed by atoms with E-state index < -0.39 is 11.4 Å². The van der Waals surface area contributed by atoms with E-state index in [1.807, 2.05) is 12.1 Å². The van der Waals surface area contributed by atoms with Gasteiger partial charge >= 0.3 is 5.97 Å². The van der Waals surface area contributed by atoms with Crippen molar-refractivity contribution in [2.24, 2.45) is 0 Å². The van der Waals surface area contributed by atoms with E-state index in [0.29, 0.717) is 5.69 Å². The van der Waals surface area contributed by atoms with Crippen LogP contribution >= 0.6 is 0 Å². The van der Waals surface area contributed by atoms with Crippen LogP contribution in [0.4, 0.5) is 5.69 Å². The van der Waals surface area contributed by atoms with Crippen molar-refractivity contribution in [2.45, 2.75) is 38.5 Å². The van der Waals surface area contributed by atoms with Gasteiger partial charge in [0.2, 0.25) is 5.91 Å². The lowest BCUT2D eigenvalue weighted by Gasteiger charge is -2.38. The first-order valence-electron chi connectivity index (χ1n) is 9.61. The fourth-order valence-corrected chi connectivity index (χ4v) is 4.31. The summed E-state index contributed by atoms with van der Waals surface area (Å²) in [6.45, 7) is 3.94. The lowest BCUT2D eigenvalue weighted by molar-refractivity contribution is -0.144. The van der Waals surface area contributed by atoms with Gasteiger partial charge in [-0.3, -0.25) is 14.6 Å². The average Bonchev–Trinajstić information content (AvgIpc) is 2.70. The number of amides is 1. The second-order valence-corrected chi connectivity index (χ2v) is 7.71. The van der Waals surface area contributed by atoms with Crippen LogP contribution in [0.15, 0.2) is 36.4 Å². The molecule has 0 saturated heterocycles. The number of nitrogens with zero attached hydrogens (tertiary/aromatic N) is 2. The number of ether oxygens (including phenoxy) is 1. The van der Waals surface area contributed by atoms with Crippen LogP contribution in [0, 0.1) is 0 Å². The van der Waals surface area contributed by atoms with Gasteiger partial charge in [0.15, 0.2) is 0 Å². The Morgan fingerprint density at radius 3 is 2.71 bits per heavy atom. The molecule has 28 heavy (non-hydrogen) atoms. The van der Waals surface area contributed by atoms with E-state index in [0.717, 1.165) is 40.2 Å². The first kappa shape index (κ1) is 18.4. The van der Waals surface area contributed by atoms with Crippen molar-refractivity contribution in [2.75, 3.05) is 19.1 Å². The van der Waals surface area contributed by atoms with Crippen LogP contribution in [0.2, 0.25) is 0 Å². The van der Waals surface area contributed by atoms with Crippen LogP contribution in [0.3, 0.4) is 0 Å². The Morgan fingerprint density at radius 2 is 2.00 bits per heavy atom. The molecule has 1 amide bonds. The lowest BCUT2D eigenvalue weighted by Crippen LogP contribution is -2.48. The van der Waals surface area contributed by atoms with E-state index in [9.17, 15) is 9.59 Å². The van der Waals surface area contributed by atoms with E-state index in [2.05, 4.69) is 31.2 Å². The van der Waals surface area contributed by atoms with Gasteiger partial charge in [0.25, 0.3) is 0 Å². The smallest absolute Gasteiger partial charge is 0.306 e. The maximum Gasteiger partial charge on any atom is 0.306 e. The third-order valence-electron chi connectivity index (χ3n) is 5.79. The molecule has 1 aliphatic heterocycles. The Morgan fingerprint density at radius 1 is 1.21 bits per heavy atom.